The molecule has 29 heavy (non-hydrogen) atoms. The van der Waals surface area contributed by atoms with E-state index in [0.29, 0.717) is 11.3 Å². The molecule has 1 fully saturated rings. The lowest BCUT2D eigenvalue weighted by Crippen LogP contribution is -2.44. The van der Waals surface area contributed by atoms with Gasteiger partial charge in [-0.3, -0.25) is 14.5 Å². The summed E-state index contributed by atoms with van der Waals surface area (Å²) in [5, 5.41) is 5.21. The zero-order valence-electron chi connectivity index (χ0n) is 16.1. The number of benzene rings is 1. The van der Waals surface area contributed by atoms with Gasteiger partial charge in [-0.2, -0.15) is 11.8 Å². The van der Waals surface area contributed by atoms with Crippen LogP contribution in [0.5, 0.6) is 0 Å². The van der Waals surface area contributed by atoms with Gasteiger partial charge in [-0.15, -0.1) is 0 Å². The van der Waals surface area contributed by atoms with Gasteiger partial charge in [0.15, 0.2) is 0 Å². The fourth-order valence-corrected chi connectivity index (χ4v) is 3.98. The number of carbonyl (C=O) groups excluding carboxylic acids is 3. The van der Waals surface area contributed by atoms with Gasteiger partial charge in [0.1, 0.15) is 5.76 Å². The van der Waals surface area contributed by atoms with E-state index in [2.05, 4.69) is 20.3 Å². The average molecular weight is 417 g/mol. The van der Waals surface area contributed by atoms with Crippen molar-refractivity contribution in [1.82, 2.24) is 10.2 Å². The fourth-order valence-electron chi connectivity index (χ4n) is 3.04. The number of hydrogen-bond donors (Lipinski definition) is 2. The quantitative estimate of drug-likeness (QED) is 0.547. The Morgan fingerprint density at radius 2 is 1.86 bits per heavy atom. The Balaban J connectivity index is 1.56. The van der Waals surface area contributed by atoms with E-state index in [1.165, 1.54) is 31.4 Å². The molecule has 1 aliphatic rings. The SMILES string of the molecule is COC(=O)c1ccc(NC(=O)C(=O)NC[C@@H](c2ccco2)N2CCSCC2)cc1. The molecule has 1 aromatic carbocycles. The molecule has 2 heterocycles. The first kappa shape index (κ1) is 20.9. The van der Waals surface area contributed by atoms with Crippen LogP contribution in [0.2, 0.25) is 0 Å². The van der Waals surface area contributed by atoms with Crippen LogP contribution in [0.1, 0.15) is 22.2 Å². The van der Waals surface area contributed by atoms with E-state index in [1.807, 2.05) is 23.9 Å². The summed E-state index contributed by atoms with van der Waals surface area (Å²) in [5.74, 6) is 0.824. The Kier molecular flexibility index (Phi) is 7.31. The van der Waals surface area contributed by atoms with Gasteiger partial charge in [0.05, 0.1) is 25.0 Å². The van der Waals surface area contributed by atoms with E-state index in [9.17, 15) is 14.4 Å². The molecule has 9 heteroatoms. The van der Waals surface area contributed by atoms with Crippen molar-refractivity contribution in [2.24, 2.45) is 0 Å². The van der Waals surface area contributed by atoms with Gasteiger partial charge >= 0.3 is 17.8 Å². The highest BCUT2D eigenvalue weighted by Crippen LogP contribution is 2.24. The fraction of sp³-hybridized carbons (Fsp3) is 0.350. The Morgan fingerprint density at radius 3 is 2.48 bits per heavy atom. The minimum atomic E-state index is -0.775. The van der Waals surface area contributed by atoms with Crippen LogP contribution < -0.4 is 10.6 Å². The van der Waals surface area contributed by atoms with Crippen LogP contribution in [-0.2, 0) is 14.3 Å². The molecule has 8 nitrogen and oxygen atoms in total. The molecular weight excluding hydrogens is 394 g/mol. The summed E-state index contributed by atoms with van der Waals surface area (Å²) < 4.78 is 10.2. The number of nitrogens with zero attached hydrogens (tertiary/aromatic N) is 1. The zero-order chi connectivity index (χ0) is 20.6. The molecule has 2 N–H and O–H groups in total. The summed E-state index contributed by atoms with van der Waals surface area (Å²) in [4.78, 5) is 38.2. The Hall–Kier alpha value is -2.78. The minimum Gasteiger partial charge on any atom is -0.468 e. The van der Waals surface area contributed by atoms with E-state index in [0.717, 1.165) is 30.4 Å². The second-order valence-electron chi connectivity index (χ2n) is 6.41. The van der Waals surface area contributed by atoms with Crippen molar-refractivity contribution >= 4 is 35.2 Å². The van der Waals surface area contributed by atoms with Gasteiger partial charge < -0.3 is 19.8 Å². The molecule has 2 aromatic rings. The number of nitrogens with one attached hydrogen (secondary N) is 2. The number of rotatable bonds is 6. The summed E-state index contributed by atoms with van der Waals surface area (Å²) in [6, 6.07) is 9.67. The number of amides is 2. The largest absolute Gasteiger partial charge is 0.468 e. The first-order chi connectivity index (χ1) is 14.1. The number of esters is 1. The van der Waals surface area contributed by atoms with Crippen molar-refractivity contribution in [2.45, 2.75) is 6.04 Å². The summed E-state index contributed by atoms with van der Waals surface area (Å²) in [6.45, 7) is 2.06. The standard InChI is InChI=1S/C20H23N3O5S/c1-27-20(26)14-4-6-15(7-5-14)22-19(25)18(24)21-13-16(17-3-2-10-28-17)23-8-11-29-12-9-23/h2-7,10,16H,8-9,11-13H2,1H3,(H,21,24)(H,22,25)/t16-/m0/s1. The van der Waals surface area contributed by atoms with Crippen molar-refractivity contribution in [2.75, 3.05) is 43.6 Å². The van der Waals surface area contributed by atoms with E-state index in [1.54, 1.807) is 6.26 Å². The van der Waals surface area contributed by atoms with Crippen molar-refractivity contribution in [3.05, 3.63) is 54.0 Å². The van der Waals surface area contributed by atoms with Crippen molar-refractivity contribution in [3.63, 3.8) is 0 Å². The monoisotopic (exact) mass is 417 g/mol. The Morgan fingerprint density at radius 1 is 1.14 bits per heavy atom. The minimum absolute atomic E-state index is 0.123. The number of anilines is 1. The molecule has 3 rings (SSSR count). The lowest BCUT2D eigenvalue weighted by atomic mass is 10.1. The van der Waals surface area contributed by atoms with E-state index in [4.69, 9.17) is 4.42 Å². The summed E-state index contributed by atoms with van der Waals surface area (Å²) in [7, 11) is 1.29. The number of ether oxygens (including phenoxy) is 1. The molecule has 0 aliphatic carbocycles. The smallest absolute Gasteiger partial charge is 0.337 e. The molecule has 0 spiro atoms. The van der Waals surface area contributed by atoms with Gasteiger partial charge in [0.25, 0.3) is 0 Å². The highest BCUT2D eigenvalue weighted by molar-refractivity contribution is 7.99. The molecule has 2 amide bonds. The molecule has 0 radical (unpaired) electrons. The second kappa shape index (κ2) is 10.1. The number of hydrogen-bond acceptors (Lipinski definition) is 7. The van der Waals surface area contributed by atoms with E-state index < -0.39 is 17.8 Å². The van der Waals surface area contributed by atoms with Crippen LogP contribution in [0.4, 0.5) is 5.69 Å². The van der Waals surface area contributed by atoms with Crippen LogP contribution >= 0.6 is 11.8 Å². The number of methoxy groups -OCH3 is 1. The van der Waals surface area contributed by atoms with Crippen molar-refractivity contribution in [1.29, 1.82) is 0 Å². The average Bonchev–Trinajstić information content (AvgIpc) is 3.29. The van der Waals surface area contributed by atoms with Crippen molar-refractivity contribution in [3.8, 4) is 0 Å². The molecule has 0 saturated carbocycles. The van der Waals surface area contributed by atoms with E-state index >= 15 is 0 Å². The summed E-state index contributed by atoms with van der Waals surface area (Å²) >= 11 is 1.90. The Labute approximate surface area is 173 Å². The number of furan rings is 1. The number of carbonyl (C=O) groups is 3. The third-order valence-corrected chi connectivity index (χ3v) is 5.53. The maximum Gasteiger partial charge on any atom is 0.337 e. The molecule has 1 saturated heterocycles. The molecular formula is C20H23N3O5S. The highest BCUT2D eigenvalue weighted by Gasteiger charge is 2.26. The Bertz CT molecular complexity index is 832. The van der Waals surface area contributed by atoms with Gasteiger partial charge in [0.2, 0.25) is 0 Å². The molecule has 1 aromatic heterocycles. The van der Waals surface area contributed by atoms with Gasteiger partial charge in [0, 0.05) is 36.8 Å². The predicted octanol–water partition coefficient (Wildman–Crippen LogP) is 1.91. The first-order valence-electron chi connectivity index (χ1n) is 9.21. The molecule has 0 bridgehead atoms. The van der Waals surface area contributed by atoms with Crippen molar-refractivity contribution < 1.29 is 23.5 Å². The number of thioether (sulfide) groups is 1. The highest BCUT2D eigenvalue weighted by atomic mass is 32.2. The molecule has 1 aliphatic heterocycles. The van der Waals surface area contributed by atoms with E-state index in [-0.39, 0.29) is 12.6 Å². The van der Waals surface area contributed by atoms with Crippen LogP contribution in [0, 0.1) is 0 Å². The predicted molar refractivity (Wildman–Crippen MR) is 110 cm³/mol. The maximum atomic E-state index is 12.3. The molecule has 0 unspecified atom stereocenters. The lowest BCUT2D eigenvalue weighted by molar-refractivity contribution is -0.136. The van der Waals surface area contributed by atoms with Gasteiger partial charge in [-0.05, 0) is 36.4 Å². The van der Waals surface area contributed by atoms with Gasteiger partial charge in [-0.25, -0.2) is 4.79 Å². The third kappa shape index (κ3) is 5.61. The summed E-state index contributed by atoms with van der Waals surface area (Å²) in [5.41, 5.74) is 0.768. The second-order valence-corrected chi connectivity index (χ2v) is 7.64. The van der Waals surface area contributed by atoms with Crippen LogP contribution in [0.3, 0.4) is 0 Å². The normalized spacial score (nSPS) is 15.3. The van der Waals surface area contributed by atoms with Crippen LogP contribution in [0.15, 0.2) is 47.1 Å². The molecule has 1 atom stereocenters. The topological polar surface area (TPSA) is 101 Å². The zero-order valence-corrected chi connectivity index (χ0v) is 16.9. The lowest BCUT2D eigenvalue weighted by Gasteiger charge is -2.33. The van der Waals surface area contributed by atoms with Crippen LogP contribution in [0.25, 0.3) is 0 Å². The van der Waals surface area contributed by atoms with Crippen LogP contribution in [-0.4, -0.2) is 60.9 Å². The molecule has 154 valence electrons. The third-order valence-electron chi connectivity index (χ3n) is 4.58. The van der Waals surface area contributed by atoms with Gasteiger partial charge in [-0.1, -0.05) is 0 Å². The maximum absolute atomic E-state index is 12.3. The first-order valence-corrected chi connectivity index (χ1v) is 10.4. The summed E-state index contributed by atoms with van der Waals surface area (Å²) in [6.07, 6.45) is 1.60.